The number of alkyl halides is 3. The SMILES string of the molecule is CN=C(NCCOc1ccc(C(F)(F)F)cc1)NCc1ncc(C)s1. The number of aromatic nitrogens is 1. The smallest absolute Gasteiger partial charge is 0.416 e. The fourth-order valence-corrected chi connectivity index (χ4v) is 2.67. The molecule has 2 rings (SSSR count). The van der Waals surface area contributed by atoms with Crippen molar-refractivity contribution in [2.75, 3.05) is 20.2 Å². The van der Waals surface area contributed by atoms with Gasteiger partial charge >= 0.3 is 6.18 Å². The van der Waals surface area contributed by atoms with Gasteiger partial charge in [-0.1, -0.05) is 0 Å². The van der Waals surface area contributed by atoms with Gasteiger partial charge in [-0.15, -0.1) is 11.3 Å². The molecule has 1 aromatic heterocycles. The van der Waals surface area contributed by atoms with Crippen molar-refractivity contribution in [3.05, 3.63) is 45.9 Å². The van der Waals surface area contributed by atoms with Gasteiger partial charge in [0.1, 0.15) is 17.4 Å². The molecule has 0 unspecified atom stereocenters. The monoisotopic (exact) mass is 372 g/mol. The van der Waals surface area contributed by atoms with Crippen LogP contribution in [0.25, 0.3) is 0 Å². The summed E-state index contributed by atoms with van der Waals surface area (Å²) < 4.78 is 42.8. The lowest BCUT2D eigenvalue weighted by molar-refractivity contribution is -0.137. The molecule has 0 bridgehead atoms. The Hall–Kier alpha value is -2.29. The molecule has 9 heteroatoms. The van der Waals surface area contributed by atoms with Gasteiger partial charge in [0.15, 0.2) is 5.96 Å². The minimum Gasteiger partial charge on any atom is -0.492 e. The van der Waals surface area contributed by atoms with Crippen molar-refractivity contribution in [1.29, 1.82) is 0 Å². The molecule has 0 aliphatic heterocycles. The molecule has 5 nitrogen and oxygen atoms in total. The Morgan fingerprint density at radius 1 is 1.24 bits per heavy atom. The van der Waals surface area contributed by atoms with E-state index in [1.165, 1.54) is 12.1 Å². The Morgan fingerprint density at radius 2 is 1.96 bits per heavy atom. The van der Waals surface area contributed by atoms with E-state index in [-0.39, 0.29) is 0 Å². The molecule has 0 aliphatic rings. The molecule has 0 aliphatic carbocycles. The quantitative estimate of drug-likeness (QED) is 0.464. The molecule has 136 valence electrons. The molecule has 0 radical (unpaired) electrons. The number of rotatable bonds is 6. The zero-order chi connectivity index (χ0) is 18.3. The minimum absolute atomic E-state index is 0.294. The van der Waals surface area contributed by atoms with Gasteiger partial charge in [-0.05, 0) is 31.2 Å². The van der Waals surface area contributed by atoms with Crippen molar-refractivity contribution in [3.63, 3.8) is 0 Å². The summed E-state index contributed by atoms with van der Waals surface area (Å²) in [5, 5.41) is 7.15. The molecular weight excluding hydrogens is 353 g/mol. The third-order valence-electron chi connectivity index (χ3n) is 3.14. The van der Waals surface area contributed by atoms with Crippen LogP contribution in [0.4, 0.5) is 13.2 Å². The lowest BCUT2D eigenvalue weighted by atomic mass is 10.2. The van der Waals surface area contributed by atoms with Gasteiger partial charge in [0.05, 0.1) is 18.7 Å². The average Bonchev–Trinajstić information content (AvgIpc) is 2.99. The standard InChI is InChI=1S/C16H19F3N4OS/c1-11-9-22-14(25-11)10-23-15(20-2)21-7-8-24-13-5-3-12(4-6-13)16(17,18)19/h3-6,9H,7-8,10H2,1-2H3,(H2,20,21,23). The van der Waals surface area contributed by atoms with E-state index >= 15 is 0 Å². The van der Waals surface area contributed by atoms with E-state index < -0.39 is 11.7 Å². The van der Waals surface area contributed by atoms with Crippen molar-refractivity contribution >= 4 is 17.3 Å². The first-order valence-corrected chi connectivity index (χ1v) is 8.36. The number of nitrogens with one attached hydrogen (secondary N) is 2. The molecule has 25 heavy (non-hydrogen) atoms. The lowest BCUT2D eigenvalue weighted by Crippen LogP contribution is -2.38. The van der Waals surface area contributed by atoms with Crippen LogP contribution in [-0.4, -0.2) is 31.1 Å². The first kappa shape index (κ1) is 19.0. The number of ether oxygens (including phenoxy) is 1. The number of aliphatic imine (C=N–C) groups is 1. The van der Waals surface area contributed by atoms with Crippen LogP contribution in [0.2, 0.25) is 0 Å². The fourth-order valence-electron chi connectivity index (χ4n) is 1.94. The zero-order valence-corrected chi connectivity index (χ0v) is 14.7. The molecule has 0 spiro atoms. The molecule has 2 aromatic rings. The van der Waals surface area contributed by atoms with Gasteiger partial charge in [-0.25, -0.2) is 4.98 Å². The highest BCUT2D eigenvalue weighted by Crippen LogP contribution is 2.30. The van der Waals surface area contributed by atoms with Crippen LogP contribution in [-0.2, 0) is 12.7 Å². The summed E-state index contributed by atoms with van der Waals surface area (Å²) >= 11 is 1.61. The van der Waals surface area contributed by atoms with Gasteiger partial charge in [-0.2, -0.15) is 13.2 Å². The topological polar surface area (TPSA) is 58.5 Å². The van der Waals surface area contributed by atoms with Crippen molar-refractivity contribution in [3.8, 4) is 5.75 Å². The molecule has 1 heterocycles. The molecule has 0 atom stereocenters. The van der Waals surface area contributed by atoms with Crippen LogP contribution in [0.3, 0.4) is 0 Å². The summed E-state index contributed by atoms with van der Waals surface area (Å²) in [4.78, 5) is 9.48. The second kappa shape index (κ2) is 8.70. The van der Waals surface area contributed by atoms with E-state index in [0.29, 0.717) is 31.4 Å². The van der Waals surface area contributed by atoms with Crippen LogP contribution in [0.1, 0.15) is 15.4 Å². The summed E-state index contributed by atoms with van der Waals surface area (Å²) in [5.41, 5.74) is -0.694. The molecule has 1 aromatic carbocycles. The Morgan fingerprint density at radius 3 is 2.52 bits per heavy atom. The zero-order valence-electron chi connectivity index (χ0n) is 13.9. The highest BCUT2D eigenvalue weighted by Gasteiger charge is 2.29. The Kier molecular flexibility index (Phi) is 6.63. The van der Waals surface area contributed by atoms with Gasteiger partial charge in [0, 0.05) is 18.1 Å². The third-order valence-corrected chi connectivity index (χ3v) is 4.06. The molecule has 0 saturated carbocycles. The number of halogens is 3. The summed E-state index contributed by atoms with van der Waals surface area (Å²) in [6.07, 6.45) is -2.52. The van der Waals surface area contributed by atoms with Crippen molar-refractivity contribution in [2.24, 2.45) is 4.99 Å². The molecular formula is C16H19F3N4OS. The van der Waals surface area contributed by atoms with Crippen LogP contribution in [0.15, 0.2) is 35.5 Å². The van der Waals surface area contributed by atoms with Gasteiger partial charge in [0.25, 0.3) is 0 Å². The first-order chi connectivity index (χ1) is 11.9. The Balaban J connectivity index is 1.70. The van der Waals surface area contributed by atoms with Gasteiger partial charge in [0.2, 0.25) is 0 Å². The number of nitrogens with zero attached hydrogens (tertiary/aromatic N) is 2. The van der Waals surface area contributed by atoms with Crippen molar-refractivity contribution < 1.29 is 17.9 Å². The number of benzene rings is 1. The molecule has 2 N–H and O–H groups in total. The maximum absolute atomic E-state index is 12.5. The van der Waals surface area contributed by atoms with E-state index in [0.717, 1.165) is 22.0 Å². The lowest BCUT2D eigenvalue weighted by Gasteiger charge is -2.12. The summed E-state index contributed by atoms with van der Waals surface area (Å²) in [6.45, 7) is 3.31. The molecule has 0 fully saturated rings. The maximum atomic E-state index is 12.5. The third kappa shape index (κ3) is 6.26. The molecule has 0 amide bonds. The highest BCUT2D eigenvalue weighted by atomic mass is 32.1. The van der Waals surface area contributed by atoms with Crippen LogP contribution in [0.5, 0.6) is 5.75 Å². The Labute approximate surface area is 148 Å². The van der Waals surface area contributed by atoms with E-state index in [9.17, 15) is 13.2 Å². The van der Waals surface area contributed by atoms with Crippen LogP contribution < -0.4 is 15.4 Å². The first-order valence-electron chi connectivity index (χ1n) is 7.54. The van der Waals surface area contributed by atoms with E-state index in [4.69, 9.17) is 4.74 Å². The molecule has 0 saturated heterocycles. The van der Waals surface area contributed by atoms with E-state index in [1.807, 2.05) is 13.1 Å². The Bertz CT molecular complexity index is 698. The van der Waals surface area contributed by atoms with E-state index in [2.05, 4.69) is 20.6 Å². The number of hydrogen-bond donors (Lipinski definition) is 2. The van der Waals surface area contributed by atoms with Crippen molar-refractivity contribution in [2.45, 2.75) is 19.6 Å². The van der Waals surface area contributed by atoms with Crippen LogP contribution >= 0.6 is 11.3 Å². The summed E-state index contributed by atoms with van der Waals surface area (Å²) in [7, 11) is 1.65. The number of aryl methyl sites for hydroxylation is 1. The highest BCUT2D eigenvalue weighted by molar-refractivity contribution is 7.11. The van der Waals surface area contributed by atoms with Gasteiger partial charge in [-0.3, -0.25) is 4.99 Å². The number of thiazole rings is 1. The predicted octanol–water partition coefficient (Wildman–Crippen LogP) is 3.21. The normalized spacial score (nSPS) is 12.1. The minimum atomic E-state index is -4.34. The van der Waals surface area contributed by atoms with E-state index in [1.54, 1.807) is 18.4 Å². The number of guanidine groups is 1. The summed E-state index contributed by atoms with van der Waals surface area (Å²) in [5.74, 6) is 0.986. The van der Waals surface area contributed by atoms with Gasteiger partial charge < -0.3 is 15.4 Å². The largest absolute Gasteiger partial charge is 0.492 e. The second-order valence-corrected chi connectivity index (χ2v) is 6.41. The maximum Gasteiger partial charge on any atom is 0.416 e. The second-order valence-electron chi connectivity index (χ2n) is 5.09. The summed E-state index contributed by atoms with van der Waals surface area (Å²) in [6, 6.07) is 4.61. The average molecular weight is 372 g/mol. The predicted molar refractivity (Wildman–Crippen MR) is 92.0 cm³/mol. The number of hydrogen-bond acceptors (Lipinski definition) is 4. The fraction of sp³-hybridized carbons (Fsp3) is 0.375. The van der Waals surface area contributed by atoms with Crippen LogP contribution in [0, 0.1) is 6.92 Å². The van der Waals surface area contributed by atoms with Crippen molar-refractivity contribution in [1.82, 2.24) is 15.6 Å².